The van der Waals surface area contributed by atoms with Gasteiger partial charge in [-0.05, 0) is 36.8 Å². The zero-order chi connectivity index (χ0) is 15.0. The first kappa shape index (κ1) is 13.9. The number of benzene rings is 2. The molecule has 0 saturated carbocycles. The second-order valence-corrected chi connectivity index (χ2v) is 5.34. The maximum Gasteiger partial charge on any atom is 0.151 e. The summed E-state index contributed by atoms with van der Waals surface area (Å²) in [5.41, 5.74) is 8.23. The standard InChI is InChI=1S/C16H15ClFN3/c1-2-8-21-14-5-3-4-13(18)15(14)20-16(21)11-7-6-10(19)9-12(11)17/h3-7,9H,2,8,19H2,1H3. The van der Waals surface area contributed by atoms with Crippen LogP contribution in [0.15, 0.2) is 36.4 Å². The average Bonchev–Trinajstić information content (AvgIpc) is 2.80. The Balaban J connectivity index is 2.30. The van der Waals surface area contributed by atoms with Crippen molar-refractivity contribution < 1.29 is 4.39 Å². The van der Waals surface area contributed by atoms with Gasteiger partial charge in [0.2, 0.25) is 0 Å². The Bertz CT molecular complexity index is 811. The van der Waals surface area contributed by atoms with E-state index in [2.05, 4.69) is 11.9 Å². The molecule has 1 aromatic heterocycles. The SMILES string of the molecule is CCCn1c(-c2ccc(N)cc2Cl)nc2c(F)cccc21. The Kier molecular flexibility index (Phi) is 3.55. The summed E-state index contributed by atoms with van der Waals surface area (Å²) in [5.74, 6) is 0.345. The lowest BCUT2D eigenvalue weighted by atomic mass is 10.2. The first-order valence-electron chi connectivity index (χ1n) is 6.82. The van der Waals surface area contributed by atoms with E-state index in [-0.39, 0.29) is 5.82 Å². The fourth-order valence-electron chi connectivity index (χ4n) is 2.48. The molecule has 0 saturated heterocycles. The van der Waals surface area contributed by atoms with E-state index >= 15 is 0 Å². The van der Waals surface area contributed by atoms with Crippen molar-refractivity contribution in [3.8, 4) is 11.4 Å². The molecule has 0 aliphatic carbocycles. The molecule has 108 valence electrons. The van der Waals surface area contributed by atoms with Crippen LogP contribution in [0.1, 0.15) is 13.3 Å². The van der Waals surface area contributed by atoms with Crippen LogP contribution in [0.4, 0.5) is 10.1 Å². The number of imidazole rings is 1. The largest absolute Gasteiger partial charge is 0.399 e. The molecule has 0 aliphatic rings. The van der Waals surface area contributed by atoms with Gasteiger partial charge in [-0.2, -0.15) is 0 Å². The van der Waals surface area contributed by atoms with Crippen LogP contribution in [0.2, 0.25) is 5.02 Å². The molecule has 21 heavy (non-hydrogen) atoms. The van der Waals surface area contributed by atoms with Gasteiger partial charge in [-0.3, -0.25) is 0 Å². The highest BCUT2D eigenvalue weighted by Gasteiger charge is 2.16. The molecular formula is C16H15ClFN3. The summed E-state index contributed by atoms with van der Waals surface area (Å²) in [7, 11) is 0. The van der Waals surface area contributed by atoms with Gasteiger partial charge in [0.05, 0.1) is 10.5 Å². The predicted octanol–water partition coefficient (Wildman–Crippen LogP) is 4.49. The molecule has 2 aromatic carbocycles. The Morgan fingerprint density at radius 2 is 2.10 bits per heavy atom. The number of para-hydroxylation sites is 1. The number of aryl methyl sites for hydroxylation is 1. The fourth-order valence-corrected chi connectivity index (χ4v) is 2.75. The van der Waals surface area contributed by atoms with Crippen LogP contribution in [-0.4, -0.2) is 9.55 Å². The van der Waals surface area contributed by atoms with E-state index in [9.17, 15) is 4.39 Å². The van der Waals surface area contributed by atoms with Crippen LogP contribution >= 0.6 is 11.6 Å². The van der Waals surface area contributed by atoms with Gasteiger partial charge in [-0.25, -0.2) is 9.37 Å². The molecule has 0 bridgehead atoms. The van der Waals surface area contributed by atoms with Gasteiger partial charge in [-0.1, -0.05) is 24.6 Å². The molecule has 5 heteroatoms. The van der Waals surface area contributed by atoms with E-state index in [0.29, 0.717) is 22.1 Å². The molecular weight excluding hydrogens is 289 g/mol. The van der Waals surface area contributed by atoms with Crippen LogP contribution in [0, 0.1) is 5.82 Å². The molecule has 1 heterocycles. The zero-order valence-electron chi connectivity index (χ0n) is 11.6. The fraction of sp³-hybridized carbons (Fsp3) is 0.188. The number of nitrogens with zero attached hydrogens (tertiary/aromatic N) is 2. The van der Waals surface area contributed by atoms with Crippen LogP contribution in [0.5, 0.6) is 0 Å². The number of aromatic nitrogens is 2. The van der Waals surface area contributed by atoms with Crippen molar-refractivity contribution in [3.05, 3.63) is 47.2 Å². The summed E-state index contributed by atoms with van der Waals surface area (Å²) in [6.45, 7) is 2.81. The molecule has 0 fully saturated rings. The van der Waals surface area contributed by atoms with E-state index < -0.39 is 0 Å². The van der Waals surface area contributed by atoms with Crippen molar-refractivity contribution in [3.63, 3.8) is 0 Å². The van der Waals surface area contributed by atoms with E-state index in [4.69, 9.17) is 17.3 Å². The number of hydrogen-bond acceptors (Lipinski definition) is 2. The average molecular weight is 304 g/mol. The van der Waals surface area contributed by atoms with Gasteiger partial charge in [0.25, 0.3) is 0 Å². The van der Waals surface area contributed by atoms with E-state index in [1.165, 1.54) is 6.07 Å². The Hall–Kier alpha value is -2.07. The van der Waals surface area contributed by atoms with Gasteiger partial charge in [0, 0.05) is 17.8 Å². The van der Waals surface area contributed by atoms with Gasteiger partial charge < -0.3 is 10.3 Å². The Labute approximate surface area is 127 Å². The van der Waals surface area contributed by atoms with Crippen LogP contribution in [-0.2, 0) is 6.54 Å². The number of anilines is 1. The van der Waals surface area contributed by atoms with Crippen LogP contribution in [0.25, 0.3) is 22.4 Å². The van der Waals surface area contributed by atoms with Crippen molar-refractivity contribution in [2.75, 3.05) is 5.73 Å². The lowest BCUT2D eigenvalue weighted by Gasteiger charge is -2.09. The van der Waals surface area contributed by atoms with E-state index in [1.807, 2.05) is 16.7 Å². The normalized spacial score (nSPS) is 11.2. The summed E-state index contributed by atoms with van der Waals surface area (Å²) in [4.78, 5) is 4.45. The lowest BCUT2D eigenvalue weighted by Crippen LogP contribution is -2.00. The quantitative estimate of drug-likeness (QED) is 0.725. The summed E-state index contributed by atoms with van der Waals surface area (Å²) >= 11 is 6.28. The minimum absolute atomic E-state index is 0.324. The number of nitrogen functional groups attached to an aromatic ring is 1. The molecule has 0 radical (unpaired) electrons. The summed E-state index contributed by atoms with van der Waals surface area (Å²) < 4.78 is 16.0. The van der Waals surface area contributed by atoms with Gasteiger partial charge >= 0.3 is 0 Å². The first-order chi connectivity index (χ1) is 10.1. The highest BCUT2D eigenvalue weighted by Crippen LogP contribution is 2.32. The Morgan fingerprint density at radius 1 is 1.29 bits per heavy atom. The maximum absolute atomic E-state index is 14.0. The molecule has 3 rings (SSSR count). The van der Waals surface area contributed by atoms with Gasteiger partial charge in [0.1, 0.15) is 11.3 Å². The van der Waals surface area contributed by atoms with Crippen LogP contribution < -0.4 is 5.73 Å². The molecule has 0 unspecified atom stereocenters. The monoisotopic (exact) mass is 303 g/mol. The third-order valence-electron chi connectivity index (χ3n) is 3.41. The molecule has 0 spiro atoms. The summed E-state index contributed by atoms with van der Waals surface area (Å²) in [5, 5.41) is 0.517. The van der Waals surface area contributed by atoms with Crippen LogP contribution in [0.3, 0.4) is 0 Å². The Morgan fingerprint density at radius 3 is 2.81 bits per heavy atom. The molecule has 3 aromatic rings. The van der Waals surface area contributed by atoms with Crippen molar-refractivity contribution in [2.24, 2.45) is 0 Å². The third kappa shape index (κ3) is 2.36. The van der Waals surface area contributed by atoms with E-state index in [0.717, 1.165) is 24.0 Å². The molecule has 2 N–H and O–H groups in total. The first-order valence-corrected chi connectivity index (χ1v) is 7.19. The highest BCUT2D eigenvalue weighted by atomic mass is 35.5. The maximum atomic E-state index is 14.0. The van der Waals surface area contributed by atoms with Crippen molar-refractivity contribution >= 4 is 28.3 Å². The van der Waals surface area contributed by atoms with E-state index in [1.54, 1.807) is 18.2 Å². The lowest BCUT2D eigenvalue weighted by molar-refractivity contribution is 0.637. The molecule has 3 nitrogen and oxygen atoms in total. The van der Waals surface area contributed by atoms with Gasteiger partial charge in [-0.15, -0.1) is 0 Å². The second-order valence-electron chi connectivity index (χ2n) is 4.93. The summed E-state index contributed by atoms with van der Waals surface area (Å²) in [6, 6.07) is 10.3. The third-order valence-corrected chi connectivity index (χ3v) is 3.72. The minimum atomic E-state index is -0.324. The predicted molar refractivity (Wildman–Crippen MR) is 84.8 cm³/mol. The number of fused-ring (bicyclic) bond motifs is 1. The zero-order valence-corrected chi connectivity index (χ0v) is 12.4. The topological polar surface area (TPSA) is 43.8 Å². The number of halogens is 2. The minimum Gasteiger partial charge on any atom is -0.399 e. The number of hydrogen-bond donors (Lipinski definition) is 1. The molecule has 0 aliphatic heterocycles. The molecule has 0 atom stereocenters. The van der Waals surface area contributed by atoms with Crippen molar-refractivity contribution in [1.82, 2.24) is 9.55 Å². The number of nitrogens with two attached hydrogens (primary N) is 1. The number of rotatable bonds is 3. The highest BCUT2D eigenvalue weighted by molar-refractivity contribution is 6.33. The van der Waals surface area contributed by atoms with Crippen molar-refractivity contribution in [1.29, 1.82) is 0 Å². The summed E-state index contributed by atoms with van der Waals surface area (Å²) in [6.07, 6.45) is 0.918. The second kappa shape index (κ2) is 5.37. The van der Waals surface area contributed by atoms with Gasteiger partial charge in [0.15, 0.2) is 5.82 Å². The van der Waals surface area contributed by atoms with Crippen molar-refractivity contribution in [2.45, 2.75) is 19.9 Å². The molecule has 0 amide bonds. The smallest absolute Gasteiger partial charge is 0.151 e.